The molecule has 0 aromatic heterocycles. The molecule has 5 heteroatoms. The van der Waals surface area contributed by atoms with Crippen LogP contribution in [0, 0.1) is 5.92 Å². The molecule has 1 aliphatic carbocycles. The van der Waals surface area contributed by atoms with E-state index in [0.29, 0.717) is 17.0 Å². The molecule has 0 spiro atoms. The molecule has 0 heterocycles. The second-order valence-corrected chi connectivity index (χ2v) is 7.65. The molecule has 4 nitrogen and oxygen atoms in total. The summed E-state index contributed by atoms with van der Waals surface area (Å²) in [5, 5.41) is 0. The smallest absolute Gasteiger partial charge is 0.241 e. The van der Waals surface area contributed by atoms with Gasteiger partial charge in [-0.2, -0.15) is 0 Å². The number of benzene rings is 1. The number of sulfonamides is 1. The average molecular weight is 310 g/mol. The molecule has 0 bridgehead atoms. The molecule has 118 valence electrons. The van der Waals surface area contributed by atoms with Crippen molar-refractivity contribution in [1.82, 2.24) is 4.72 Å². The van der Waals surface area contributed by atoms with Gasteiger partial charge in [-0.25, -0.2) is 13.1 Å². The molecule has 1 aromatic carbocycles. The van der Waals surface area contributed by atoms with Crippen LogP contribution in [0.15, 0.2) is 23.1 Å². The summed E-state index contributed by atoms with van der Waals surface area (Å²) < 4.78 is 28.1. The van der Waals surface area contributed by atoms with Crippen molar-refractivity contribution in [3.63, 3.8) is 0 Å². The Kier molecular flexibility index (Phi) is 5.27. The van der Waals surface area contributed by atoms with Crippen LogP contribution in [0.2, 0.25) is 0 Å². The first-order valence-electron chi connectivity index (χ1n) is 7.87. The molecule has 0 aliphatic heterocycles. The SMILES string of the molecule is CCc1ccc(N)cc1S(=O)(=O)NC1CCC(CC)CC1. The maximum Gasteiger partial charge on any atom is 0.241 e. The Balaban J connectivity index is 2.14. The minimum atomic E-state index is -3.48. The van der Waals surface area contributed by atoms with Gasteiger partial charge in [-0.05, 0) is 55.7 Å². The maximum absolute atomic E-state index is 12.6. The Morgan fingerprint density at radius 2 is 1.86 bits per heavy atom. The minimum absolute atomic E-state index is 0.0592. The normalized spacial score (nSPS) is 23.1. The summed E-state index contributed by atoms with van der Waals surface area (Å²) in [4.78, 5) is 0.336. The van der Waals surface area contributed by atoms with Gasteiger partial charge < -0.3 is 5.73 Å². The highest BCUT2D eigenvalue weighted by Crippen LogP contribution is 2.28. The molecule has 1 aliphatic rings. The summed E-state index contributed by atoms with van der Waals surface area (Å²) in [6.07, 6.45) is 5.96. The quantitative estimate of drug-likeness (QED) is 0.821. The second-order valence-electron chi connectivity index (χ2n) is 5.97. The average Bonchev–Trinajstić information content (AvgIpc) is 2.47. The summed E-state index contributed by atoms with van der Waals surface area (Å²) >= 11 is 0. The van der Waals surface area contributed by atoms with Gasteiger partial charge in [0.25, 0.3) is 0 Å². The molecule has 0 unspecified atom stereocenters. The van der Waals surface area contributed by atoms with Gasteiger partial charge in [0.1, 0.15) is 0 Å². The zero-order chi connectivity index (χ0) is 15.5. The van der Waals surface area contributed by atoms with E-state index in [1.165, 1.54) is 6.42 Å². The summed E-state index contributed by atoms with van der Waals surface area (Å²) in [6, 6.07) is 5.19. The largest absolute Gasteiger partial charge is 0.399 e. The van der Waals surface area contributed by atoms with Gasteiger partial charge in [-0.1, -0.05) is 26.3 Å². The van der Waals surface area contributed by atoms with Gasteiger partial charge in [0, 0.05) is 11.7 Å². The van der Waals surface area contributed by atoms with E-state index in [1.54, 1.807) is 18.2 Å². The lowest BCUT2D eigenvalue weighted by Crippen LogP contribution is -2.37. The van der Waals surface area contributed by atoms with Crippen molar-refractivity contribution in [2.75, 3.05) is 5.73 Å². The van der Waals surface area contributed by atoms with E-state index >= 15 is 0 Å². The molecular weight excluding hydrogens is 284 g/mol. The maximum atomic E-state index is 12.6. The van der Waals surface area contributed by atoms with Gasteiger partial charge in [0.15, 0.2) is 0 Å². The summed E-state index contributed by atoms with van der Waals surface area (Å²) in [7, 11) is -3.48. The third kappa shape index (κ3) is 3.98. The van der Waals surface area contributed by atoms with Crippen molar-refractivity contribution in [3.8, 4) is 0 Å². The predicted molar refractivity (Wildman–Crippen MR) is 86.6 cm³/mol. The third-order valence-electron chi connectivity index (χ3n) is 4.51. The van der Waals surface area contributed by atoms with E-state index < -0.39 is 10.0 Å². The van der Waals surface area contributed by atoms with Crippen LogP contribution in [0.1, 0.15) is 51.5 Å². The molecule has 2 rings (SSSR count). The second kappa shape index (κ2) is 6.79. The van der Waals surface area contributed by atoms with Gasteiger partial charge in [-0.3, -0.25) is 0 Å². The third-order valence-corrected chi connectivity index (χ3v) is 6.11. The molecule has 0 radical (unpaired) electrons. The van der Waals surface area contributed by atoms with Gasteiger partial charge in [-0.15, -0.1) is 0 Å². The van der Waals surface area contributed by atoms with Crippen molar-refractivity contribution in [2.24, 2.45) is 5.92 Å². The number of nitrogen functional groups attached to an aromatic ring is 1. The number of hydrogen-bond acceptors (Lipinski definition) is 3. The first-order chi connectivity index (χ1) is 9.96. The first-order valence-corrected chi connectivity index (χ1v) is 9.35. The highest BCUT2D eigenvalue weighted by molar-refractivity contribution is 7.89. The standard InChI is InChI=1S/C16H26N2O2S/c1-3-12-5-9-15(10-6-12)18-21(19,20)16-11-14(17)8-7-13(16)4-2/h7-8,11-12,15,18H,3-6,9-10,17H2,1-2H3. The fourth-order valence-corrected chi connectivity index (χ4v) is 4.74. The van der Waals surface area contributed by atoms with Gasteiger partial charge in [0.2, 0.25) is 10.0 Å². The van der Waals surface area contributed by atoms with Crippen molar-refractivity contribution >= 4 is 15.7 Å². The molecule has 1 aromatic rings. The fraction of sp³-hybridized carbons (Fsp3) is 0.625. The monoisotopic (exact) mass is 310 g/mol. The minimum Gasteiger partial charge on any atom is -0.399 e. The highest BCUT2D eigenvalue weighted by Gasteiger charge is 2.26. The van der Waals surface area contributed by atoms with Crippen molar-refractivity contribution in [1.29, 1.82) is 0 Å². The van der Waals surface area contributed by atoms with E-state index in [-0.39, 0.29) is 6.04 Å². The lowest BCUT2D eigenvalue weighted by molar-refractivity contribution is 0.306. The van der Waals surface area contributed by atoms with Crippen molar-refractivity contribution in [2.45, 2.75) is 63.3 Å². The Labute approximate surface area is 128 Å². The summed E-state index contributed by atoms with van der Waals surface area (Å²) in [5.41, 5.74) is 7.06. The van der Waals surface area contributed by atoms with Crippen LogP contribution in [0.5, 0.6) is 0 Å². The van der Waals surface area contributed by atoms with E-state index in [2.05, 4.69) is 11.6 Å². The number of rotatable bonds is 5. The number of anilines is 1. The summed E-state index contributed by atoms with van der Waals surface area (Å²) in [6.45, 7) is 4.16. The molecular formula is C16H26N2O2S. The van der Waals surface area contributed by atoms with Crippen LogP contribution in [-0.2, 0) is 16.4 Å². The Morgan fingerprint density at radius 3 is 2.43 bits per heavy atom. The van der Waals surface area contributed by atoms with Crippen molar-refractivity contribution in [3.05, 3.63) is 23.8 Å². The van der Waals surface area contributed by atoms with Crippen molar-refractivity contribution < 1.29 is 8.42 Å². The Morgan fingerprint density at radius 1 is 1.19 bits per heavy atom. The molecule has 3 N–H and O–H groups in total. The predicted octanol–water partition coefficient (Wildman–Crippen LogP) is 3.08. The van der Waals surface area contributed by atoms with Crippen LogP contribution >= 0.6 is 0 Å². The van der Waals surface area contributed by atoms with Crippen LogP contribution in [0.4, 0.5) is 5.69 Å². The van der Waals surface area contributed by atoms with E-state index in [1.807, 2.05) is 6.92 Å². The fourth-order valence-electron chi connectivity index (χ4n) is 3.08. The number of hydrogen-bond donors (Lipinski definition) is 2. The molecule has 0 atom stereocenters. The van der Waals surface area contributed by atoms with Gasteiger partial charge in [0.05, 0.1) is 4.90 Å². The zero-order valence-corrected chi connectivity index (χ0v) is 13.7. The van der Waals surface area contributed by atoms with Gasteiger partial charge >= 0.3 is 0 Å². The molecule has 1 fully saturated rings. The van der Waals surface area contributed by atoms with E-state index in [0.717, 1.165) is 37.2 Å². The van der Waals surface area contributed by atoms with Crippen LogP contribution in [-0.4, -0.2) is 14.5 Å². The van der Waals surface area contributed by atoms with Crippen LogP contribution < -0.4 is 10.5 Å². The van der Waals surface area contributed by atoms with E-state index in [4.69, 9.17) is 5.73 Å². The molecule has 0 saturated heterocycles. The lowest BCUT2D eigenvalue weighted by atomic mass is 9.85. The molecule has 21 heavy (non-hydrogen) atoms. The Bertz CT molecular complexity index is 576. The first kappa shape index (κ1) is 16.3. The number of aryl methyl sites for hydroxylation is 1. The number of nitrogens with one attached hydrogen (secondary N) is 1. The van der Waals surface area contributed by atoms with E-state index in [9.17, 15) is 8.42 Å². The Hall–Kier alpha value is -1.07. The summed E-state index contributed by atoms with van der Waals surface area (Å²) in [5.74, 6) is 0.754. The zero-order valence-electron chi connectivity index (χ0n) is 12.9. The highest BCUT2D eigenvalue weighted by atomic mass is 32.2. The van der Waals surface area contributed by atoms with Crippen LogP contribution in [0.3, 0.4) is 0 Å². The number of nitrogens with two attached hydrogens (primary N) is 1. The molecule has 1 saturated carbocycles. The van der Waals surface area contributed by atoms with Crippen LogP contribution in [0.25, 0.3) is 0 Å². The molecule has 0 amide bonds. The lowest BCUT2D eigenvalue weighted by Gasteiger charge is -2.28. The topological polar surface area (TPSA) is 72.2 Å².